The molecule has 0 radical (unpaired) electrons. The summed E-state index contributed by atoms with van der Waals surface area (Å²) >= 11 is 0. The first-order valence-electron chi connectivity index (χ1n) is 11.7. The quantitative estimate of drug-likeness (QED) is 0.298. The van der Waals surface area contributed by atoms with Crippen LogP contribution in [0.1, 0.15) is 0 Å². The van der Waals surface area contributed by atoms with Gasteiger partial charge in [-0.1, -0.05) is 0 Å². The summed E-state index contributed by atoms with van der Waals surface area (Å²) in [6.07, 6.45) is 0. The number of rotatable bonds is 4. The van der Waals surface area contributed by atoms with Gasteiger partial charge in [0, 0.05) is 0 Å². The van der Waals surface area contributed by atoms with Crippen molar-refractivity contribution in [1.29, 1.82) is 0 Å². The van der Waals surface area contributed by atoms with Crippen LogP contribution in [0, 0.1) is 0 Å². The van der Waals surface area contributed by atoms with Gasteiger partial charge >= 0.3 is 212 Å². The van der Waals surface area contributed by atoms with Gasteiger partial charge in [0.05, 0.1) is 0 Å². The fraction of sp³-hybridized carbons (Fsp3) is 0.0714. The standard InChI is InChI=1S/C28H26N4O2P2/c1-29-27(33)31(23-15-7-3-8-16-23)35(25-19-11-5-12-20-25)36(29,26-21-13-6-14-22-26)30(2)28(34)32(36)24-17-9-4-10-18-24/h3-22H,1-2H3. The van der Waals surface area contributed by atoms with E-state index in [1.807, 2.05) is 130 Å². The van der Waals surface area contributed by atoms with E-state index in [-0.39, 0.29) is 12.1 Å². The first-order valence-corrected chi connectivity index (χ1v) is 15.8. The third kappa shape index (κ3) is 2.58. The molecule has 8 heteroatoms. The Balaban J connectivity index is 1.78. The normalized spacial score (nSPS) is 21.3. The monoisotopic (exact) mass is 512 g/mol. The topological polar surface area (TPSA) is 47.1 Å². The van der Waals surface area contributed by atoms with Crippen LogP contribution in [0.3, 0.4) is 0 Å². The van der Waals surface area contributed by atoms with E-state index < -0.39 is 14.5 Å². The molecule has 2 heterocycles. The average molecular weight is 512 g/mol. The SMILES string of the molecule is CN1C(=O)N(c2ccccc2)P(c2ccccc2)P12(c1ccccc1)N(C)C(=O)N2c1ccccc1. The van der Waals surface area contributed by atoms with E-state index in [1.165, 1.54) is 0 Å². The second-order valence-corrected chi connectivity index (χ2v) is 17.6. The molecule has 4 amide bonds. The van der Waals surface area contributed by atoms with Gasteiger partial charge in [0.2, 0.25) is 0 Å². The molecule has 0 N–H and O–H groups in total. The molecule has 4 aromatic carbocycles. The van der Waals surface area contributed by atoms with Crippen LogP contribution in [0.4, 0.5) is 21.0 Å². The maximum absolute atomic E-state index is 14.4. The van der Waals surface area contributed by atoms with Gasteiger partial charge in [0.15, 0.2) is 0 Å². The van der Waals surface area contributed by atoms with E-state index in [9.17, 15) is 9.59 Å². The van der Waals surface area contributed by atoms with Gasteiger partial charge in [-0.15, -0.1) is 0 Å². The Bertz CT molecular complexity index is 1440. The molecule has 6 rings (SSSR count). The van der Waals surface area contributed by atoms with Crippen molar-refractivity contribution in [2.24, 2.45) is 0 Å². The predicted octanol–water partition coefficient (Wildman–Crippen LogP) is 6.39. The molecular formula is C28H26N4O2P2. The van der Waals surface area contributed by atoms with Crippen molar-refractivity contribution in [3.8, 4) is 0 Å². The van der Waals surface area contributed by atoms with E-state index in [0.717, 1.165) is 22.0 Å². The Kier molecular flexibility index (Phi) is 5.15. The van der Waals surface area contributed by atoms with Crippen molar-refractivity contribution < 1.29 is 9.59 Å². The maximum atomic E-state index is 14.4. The molecule has 2 fully saturated rings. The minimum atomic E-state index is -3.87. The summed E-state index contributed by atoms with van der Waals surface area (Å²) in [5.41, 5.74) is 1.61. The summed E-state index contributed by atoms with van der Waals surface area (Å²) in [6.45, 7) is -3.87. The van der Waals surface area contributed by atoms with Crippen molar-refractivity contribution in [1.82, 2.24) is 9.34 Å². The van der Waals surface area contributed by atoms with Crippen molar-refractivity contribution in [3.05, 3.63) is 121 Å². The Morgan fingerprint density at radius 2 is 1.00 bits per heavy atom. The zero-order valence-electron chi connectivity index (χ0n) is 20.0. The van der Waals surface area contributed by atoms with Gasteiger partial charge in [-0.3, -0.25) is 0 Å². The molecule has 1 atom stereocenters. The number of amides is 4. The molecular weight excluding hydrogens is 486 g/mol. The van der Waals surface area contributed by atoms with Crippen LogP contribution < -0.4 is 19.9 Å². The van der Waals surface area contributed by atoms with Gasteiger partial charge in [0.25, 0.3) is 0 Å². The zero-order chi connectivity index (χ0) is 24.9. The fourth-order valence-corrected chi connectivity index (χ4v) is 20.2. The average Bonchev–Trinajstić information content (AvgIpc) is 3.17. The van der Waals surface area contributed by atoms with Crippen LogP contribution in [-0.2, 0) is 0 Å². The van der Waals surface area contributed by atoms with Gasteiger partial charge in [0.1, 0.15) is 0 Å². The number of hydrogen-bond donors (Lipinski definition) is 0. The molecule has 0 aliphatic carbocycles. The van der Waals surface area contributed by atoms with Crippen molar-refractivity contribution in [2.45, 2.75) is 0 Å². The molecule has 2 aliphatic rings. The van der Waals surface area contributed by atoms with Crippen LogP contribution in [0.25, 0.3) is 0 Å². The van der Waals surface area contributed by atoms with Crippen molar-refractivity contribution in [2.75, 3.05) is 23.4 Å². The van der Waals surface area contributed by atoms with Gasteiger partial charge in [-0.25, -0.2) is 0 Å². The van der Waals surface area contributed by atoms with E-state index in [4.69, 9.17) is 0 Å². The first kappa shape index (κ1) is 22.7. The molecule has 1 unspecified atom stereocenters. The molecule has 36 heavy (non-hydrogen) atoms. The third-order valence-corrected chi connectivity index (χ3v) is 20.4. The second-order valence-electron chi connectivity index (χ2n) is 8.80. The van der Waals surface area contributed by atoms with Gasteiger partial charge in [-0.2, -0.15) is 0 Å². The van der Waals surface area contributed by atoms with Crippen molar-refractivity contribution >= 4 is 48.6 Å². The number of benzene rings is 4. The molecule has 2 saturated heterocycles. The number of hydrogen-bond acceptors (Lipinski definition) is 2. The van der Waals surface area contributed by atoms with E-state index in [2.05, 4.69) is 24.3 Å². The summed E-state index contributed by atoms with van der Waals surface area (Å²) in [5.74, 6) is 0. The van der Waals surface area contributed by atoms with Crippen molar-refractivity contribution in [3.63, 3.8) is 0 Å². The predicted molar refractivity (Wildman–Crippen MR) is 150 cm³/mol. The molecule has 0 bridgehead atoms. The number of urea groups is 2. The van der Waals surface area contributed by atoms with Gasteiger partial charge < -0.3 is 0 Å². The Hall–Kier alpha value is -3.72. The minimum absolute atomic E-state index is 0.110. The van der Waals surface area contributed by atoms with Crippen LogP contribution in [-0.4, -0.2) is 35.5 Å². The number of carbonyl (C=O) groups excluding carboxylic acids is 2. The molecule has 180 valence electrons. The summed E-state index contributed by atoms with van der Waals surface area (Å²) in [5, 5.41) is 2.02. The van der Waals surface area contributed by atoms with E-state index in [1.54, 1.807) is 0 Å². The van der Waals surface area contributed by atoms with Gasteiger partial charge in [-0.05, 0) is 0 Å². The molecule has 0 aromatic heterocycles. The van der Waals surface area contributed by atoms with E-state index in [0.29, 0.717) is 0 Å². The van der Waals surface area contributed by atoms with E-state index >= 15 is 0 Å². The number of nitrogens with zero attached hydrogens (tertiary/aromatic N) is 4. The zero-order valence-corrected chi connectivity index (χ0v) is 21.8. The van der Waals surface area contributed by atoms with Crippen LogP contribution in [0.2, 0.25) is 0 Å². The van der Waals surface area contributed by atoms with Crippen LogP contribution >= 0.6 is 14.5 Å². The number of para-hydroxylation sites is 2. The molecule has 1 spiro atoms. The second kappa shape index (κ2) is 8.16. The Morgan fingerprint density at radius 3 is 1.56 bits per heavy atom. The summed E-state index contributed by atoms with van der Waals surface area (Å²) in [6, 6.07) is 39.6. The molecule has 6 nitrogen and oxygen atoms in total. The molecule has 4 aromatic rings. The fourth-order valence-electron chi connectivity index (χ4n) is 5.60. The molecule has 2 aliphatic heterocycles. The number of anilines is 2. The van der Waals surface area contributed by atoms with Crippen LogP contribution in [0.5, 0.6) is 0 Å². The third-order valence-electron chi connectivity index (χ3n) is 7.13. The Morgan fingerprint density at radius 1 is 0.556 bits per heavy atom. The Labute approximate surface area is 212 Å². The summed E-state index contributed by atoms with van der Waals surface area (Å²) in [7, 11) is 2.30. The molecule has 0 saturated carbocycles. The number of carbonyl (C=O) groups is 2. The summed E-state index contributed by atoms with van der Waals surface area (Å²) in [4.78, 5) is 28.4. The first-order chi connectivity index (χ1) is 17.5. The summed E-state index contributed by atoms with van der Waals surface area (Å²) < 4.78 is 7.66. The van der Waals surface area contributed by atoms with Crippen LogP contribution in [0.15, 0.2) is 121 Å².